The highest BCUT2D eigenvalue weighted by Crippen LogP contribution is 2.30. The molecule has 0 bridgehead atoms. The normalized spacial score (nSPS) is 18.5. The van der Waals surface area contributed by atoms with Crippen LogP contribution in [0.15, 0.2) is 42.5 Å². The molecule has 1 fully saturated rings. The summed E-state index contributed by atoms with van der Waals surface area (Å²) in [6.45, 7) is 4.85. The first-order valence-corrected chi connectivity index (χ1v) is 8.87. The number of nitrogens with zero attached hydrogens (tertiary/aromatic N) is 2. The smallest absolute Gasteiger partial charge is 0.325 e. The summed E-state index contributed by atoms with van der Waals surface area (Å²) in [5.74, 6) is -1.11. The number of rotatable bonds is 5. The fourth-order valence-corrected chi connectivity index (χ4v) is 3.34. The highest BCUT2D eigenvalue weighted by molar-refractivity contribution is 6.10. The predicted octanol–water partition coefficient (Wildman–Crippen LogP) is 2.62. The van der Waals surface area contributed by atoms with E-state index in [1.807, 2.05) is 19.9 Å². The SMILES string of the molecule is Cc1cc(C)cc(NC(=O)CN2C(=O)N[C@](C)(c3ccc([N+](=O)[O-])cc3)C2=O)c1. The molecule has 2 aromatic carbocycles. The fourth-order valence-electron chi connectivity index (χ4n) is 3.34. The van der Waals surface area contributed by atoms with Gasteiger partial charge in [-0.2, -0.15) is 0 Å². The van der Waals surface area contributed by atoms with Crippen molar-refractivity contribution in [2.24, 2.45) is 0 Å². The van der Waals surface area contributed by atoms with Crippen LogP contribution in [0.1, 0.15) is 23.6 Å². The Morgan fingerprint density at radius 3 is 2.28 bits per heavy atom. The predicted molar refractivity (Wildman–Crippen MR) is 105 cm³/mol. The zero-order valence-electron chi connectivity index (χ0n) is 16.2. The fraction of sp³-hybridized carbons (Fsp3) is 0.250. The van der Waals surface area contributed by atoms with Gasteiger partial charge in [-0.1, -0.05) is 6.07 Å². The number of aryl methyl sites for hydroxylation is 2. The number of hydrogen-bond donors (Lipinski definition) is 2. The van der Waals surface area contributed by atoms with Gasteiger partial charge in [0.25, 0.3) is 11.6 Å². The van der Waals surface area contributed by atoms with E-state index in [2.05, 4.69) is 10.6 Å². The van der Waals surface area contributed by atoms with E-state index >= 15 is 0 Å². The number of non-ortho nitro benzene ring substituents is 1. The number of nitro benzene ring substituents is 1. The minimum Gasteiger partial charge on any atom is -0.325 e. The molecule has 9 nitrogen and oxygen atoms in total. The minimum atomic E-state index is -1.41. The Hall–Kier alpha value is -3.75. The van der Waals surface area contributed by atoms with Crippen molar-refractivity contribution in [3.8, 4) is 0 Å². The maximum absolute atomic E-state index is 12.9. The van der Waals surface area contributed by atoms with Gasteiger partial charge in [0.1, 0.15) is 12.1 Å². The van der Waals surface area contributed by atoms with Crippen molar-refractivity contribution in [1.82, 2.24) is 10.2 Å². The molecule has 0 unspecified atom stereocenters. The molecule has 0 radical (unpaired) electrons. The van der Waals surface area contributed by atoms with E-state index in [4.69, 9.17) is 0 Å². The molecule has 1 heterocycles. The Labute approximate surface area is 166 Å². The van der Waals surface area contributed by atoms with Gasteiger partial charge in [-0.25, -0.2) is 4.79 Å². The third-order valence-corrected chi connectivity index (χ3v) is 4.74. The average molecular weight is 396 g/mol. The lowest BCUT2D eigenvalue weighted by Crippen LogP contribution is -2.42. The number of carbonyl (C=O) groups excluding carboxylic acids is 3. The molecule has 29 heavy (non-hydrogen) atoms. The van der Waals surface area contributed by atoms with E-state index < -0.39 is 34.9 Å². The number of nitro groups is 1. The second-order valence-electron chi connectivity index (χ2n) is 7.17. The molecule has 150 valence electrons. The van der Waals surface area contributed by atoms with Crippen LogP contribution in [0, 0.1) is 24.0 Å². The first kappa shape index (κ1) is 20.0. The van der Waals surface area contributed by atoms with Crippen LogP contribution in [0.3, 0.4) is 0 Å². The molecular formula is C20H20N4O5. The van der Waals surface area contributed by atoms with Crippen molar-refractivity contribution >= 4 is 29.2 Å². The van der Waals surface area contributed by atoms with Crippen LogP contribution in [0.4, 0.5) is 16.2 Å². The number of hydrogen-bond acceptors (Lipinski definition) is 5. The van der Waals surface area contributed by atoms with Crippen molar-refractivity contribution in [2.45, 2.75) is 26.3 Å². The van der Waals surface area contributed by atoms with Crippen LogP contribution >= 0.6 is 0 Å². The standard InChI is InChI=1S/C20H20N4O5/c1-12-8-13(2)10-15(9-12)21-17(25)11-23-18(26)20(3,22-19(23)27)14-4-6-16(7-5-14)24(28)29/h4-10H,11H2,1-3H3,(H,21,25)(H,22,27)/t20-/m1/s1. The Morgan fingerprint density at radius 1 is 1.14 bits per heavy atom. The molecule has 0 spiro atoms. The molecule has 0 aromatic heterocycles. The second-order valence-corrected chi connectivity index (χ2v) is 7.17. The maximum Gasteiger partial charge on any atom is 0.325 e. The van der Waals surface area contributed by atoms with Crippen molar-refractivity contribution in [1.29, 1.82) is 0 Å². The van der Waals surface area contributed by atoms with Crippen molar-refractivity contribution < 1.29 is 19.3 Å². The number of imide groups is 1. The first-order valence-electron chi connectivity index (χ1n) is 8.87. The Morgan fingerprint density at radius 2 is 1.72 bits per heavy atom. The van der Waals surface area contributed by atoms with E-state index in [-0.39, 0.29) is 5.69 Å². The molecule has 2 N–H and O–H groups in total. The number of nitrogens with one attached hydrogen (secondary N) is 2. The molecule has 1 atom stereocenters. The lowest BCUT2D eigenvalue weighted by Gasteiger charge is -2.22. The molecule has 3 rings (SSSR count). The number of urea groups is 1. The molecule has 0 saturated carbocycles. The zero-order valence-corrected chi connectivity index (χ0v) is 16.2. The lowest BCUT2D eigenvalue weighted by molar-refractivity contribution is -0.384. The van der Waals surface area contributed by atoms with Gasteiger partial charge in [-0.05, 0) is 61.7 Å². The monoisotopic (exact) mass is 396 g/mol. The van der Waals surface area contributed by atoms with Gasteiger partial charge < -0.3 is 10.6 Å². The van der Waals surface area contributed by atoms with Crippen molar-refractivity contribution in [3.63, 3.8) is 0 Å². The van der Waals surface area contributed by atoms with Gasteiger partial charge in [-0.3, -0.25) is 24.6 Å². The Kier molecular flexibility index (Phi) is 5.06. The summed E-state index contributed by atoms with van der Waals surface area (Å²) in [4.78, 5) is 48.7. The molecule has 0 aliphatic carbocycles. The largest absolute Gasteiger partial charge is 0.325 e. The zero-order chi connectivity index (χ0) is 21.3. The number of anilines is 1. The Bertz CT molecular complexity index is 998. The van der Waals surface area contributed by atoms with Gasteiger partial charge in [0, 0.05) is 17.8 Å². The van der Waals surface area contributed by atoms with Crippen LogP contribution in [-0.2, 0) is 15.1 Å². The molecule has 2 aromatic rings. The van der Waals surface area contributed by atoms with Crippen LogP contribution in [0.2, 0.25) is 0 Å². The highest BCUT2D eigenvalue weighted by atomic mass is 16.6. The van der Waals surface area contributed by atoms with E-state index in [0.29, 0.717) is 11.3 Å². The van der Waals surface area contributed by atoms with Crippen LogP contribution in [0.5, 0.6) is 0 Å². The summed E-state index contributed by atoms with van der Waals surface area (Å²) in [5.41, 5.74) is 1.38. The van der Waals surface area contributed by atoms with Gasteiger partial charge in [0.05, 0.1) is 4.92 Å². The molecule has 9 heteroatoms. The van der Waals surface area contributed by atoms with Crippen LogP contribution < -0.4 is 10.6 Å². The summed E-state index contributed by atoms with van der Waals surface area (Å²) in [7, 11) is 0. The molecule has 1 aliphatic heterocycles. The number of benzene rings is 2. The lowest BCUT2D eigenvalue weighted by atomic mass is 9.92. The summed E-state index contributed by atoms with van der Waals surface area (Å²) in [6.07, 6.45) is 0. The number of carbonyl (C=O) groups is 3. The van der Waals surface area contributed by atoms with Crippen molar-refractivity contribution in [3.05, 3.63) is 69.3 Å². The maximum atomic E-state index is 12.9. The van der Waals surface area contributed by atoms with Gasteiger partial charge in [0.15, 0.2) is 0 Å². The topological polar surface area (TPSA) is 122 Å². The highest BCUT2D eigenvalue weighted by Gasteiger charge is 2.49. The molecule has 1 aliphatic rings. The third kappa shape index (κ3) is 3.93. The third-order valence-electron chi connectivity index (χ3n) is 4.74. The van der Waals surface area contributed by atoms with Crippen molar-refractivity contribution in [2.75, 3.05) is 11.9 Å². The van der Waals surface area contributed by atoms with Crippen LogP contribution in [0.25, 0.3) is 0 Å². The molecule has 4 amide bonds. The van der Waals surface area contributed by atoms with Crippen LogP contribution in [-0.4, -0.2) is 34.2 Å². The average Bonchev–Trinajstić information content (AvgIpc) is 2.85. The number of amides is 4. The molecular weight excluding hydrogens is 376 g/mol. The molecule has 1 saturated heterocycles. The van der Waals surface area contributed by atoms with Gasteiger partial charge in [-0.15, -0.1) is 0 Å². The van der Waals surface area contributed by atoms with Gasteiger partial charge in [0.2, 0.25) is 5.91 Å². The summed E-state index contributed by atoms with van der Waals surface area (Å²) in [6, 6.07) is 10.2. The first-order chi connectivity index (χ1) is 13.6. The minimum absolute atomic E-state index is 0.126. The summed E-state index contributed by atoms with van der Waals surface area (Å²) < 4.78 is 0. The summed E-state index contributed by atoms with van der Waals surface area (Å²) in [5, 5.41) is 16.1. The van der Waals surface area contributed by atoms with Gasteiger partial charge >= 0.3 is 6.03 Å². The van der Waals surface area contributed by atoms with E-state index in [1.165, 1.54) is 31.2 Å². The van der Waals surface area contributed by atoms with E-state index in [1.54, 1.807) is 12.1 Å². The second kappa shape index (κ2) is 7.34. The van der Waals surface area contributed by atoms with E-state index in [0.717, 1.165) is 16.0 Å². The van der Waals surface area contributed by atoms with E-state index in [9.17, 15) is 24.5 Å². The Balaban J connectivity index is 1.75. The summed E-state index contributed by atoms with van der Waals surface area (Å²) >= 11 is 0. The quantitative estimate of drug-likeness (QED) is 0.457.